The molecule has 1 amide bonds. The highest BCUT2D eigenvalue weighted by atomic mass is 16.1. The second-order valence-corrected chi connectivity index (χ2v) is 4.73. The van der Waals surface area contributed by atoms with Crippen LogP contribution in [0.2, 0.25) is 0 Å². The Bertz CT molecular complexity index is 393. The molecule has 5 heteroatoms. The van der Waals surface area contributed by atoms with E-state index in [1.807, 2.05) is 0 Å². The van der Waals surface area contributed by atoms with E-state index in [0.29, 0.717) is 12.4 Å². The van der Waals surface area contributed by atoms with Crippen molar-refractivity contribution >= 4 is 11.7 Å². The Kier molecular flexibility index (Phi) is 3.66. The zero-order valence-corrected chi connectivity index (χ0v) is 10.3. The summed E-state index contributed by atoms with van der Waals surface area (Å²) in [5, 5.41) is 7.00. The fraction of sp³-hybridized carbons (Fsp3) is 0.667. The average Bonchev–Trinajstić information content (AvgIpc) is 2.68. The molecule has 1 aromatic rings. The van der Waals surface area contributed by atoms with Gasteiger partial charge in [0.05, 0.1) is 6.20 Å². The fourth-order valence-corrected chi connectivity index (χ4v) is 2.32. The van der Waals surface area contributed by atoms with Gasteiger partial charge >= 0.3 is 0 Å². The van der Waals surface area contributed by atoms with Crippen molar-refractivity contribution in [3.63, 3.8) is 0 Å². The highest BCUT2D eigenvalue weighted by Gasteiger charge is 2.20. The van der Waals surface area contributed by atoms with Crippen molar-refractivity contribution in [2.75, 3.05) is 5.73 Å². The van der Waals surface area contributed by atoms with Crippen molar-refractivity contribution < 1.29 is 4.79 Å². The molecule has 1 aliphatic carbocycles. The number of nitrogens with zero attached hydrogens (tertiary/aromatic N) is 2. The number of nitrogens with two attached hydrogens (primary N) is 1. The van der Waals surface area contributed by atoms with Gasteiger partial charge in [-0.2, -0.15) is 5.10 Å². The van der Waals surface area contributed by atoms with E-state index in [-0.39, 0.29) is 11.8 Å². The van der Waals surface area contributed by atoms with Crippen molar-refractivity contribution in [1.29, 1.82) is 0 Å². The van der Waals surface area contributed by atoms with E-state index in [4.69, 9.17) is 5.73 Å². The molecule has 1 aliphatic rings. The van der Waals surface area contributed by atoms with Crippen LogP contribution < -0.4 is 11.1 Å². The minimum absolute atomic E-state index is 0.160. The fourth-order valence-electron chi connectivity index (χ4n) is 2.32. The topological polar surface area (TPSA) is 72.9 Å². The Morgan fingerprint density at radius 3 is 2.82 bits per heavy atom. The molecule has 0 aromatic carbocycles. The lowest BCUT2D eigenvalue weighted by Gasteiger charge is -2.20. The summed E-state index contributed by atoms with van der Waals surface area (Å²) in [5.41, 5.74) is 6.70. The summed E-state index contributed by atoms with van der Waals surface area (Å²) < 4.78 is 1.61. The second-order valence-electron chi connectivity index (χ2n) is 4.73. The molecule has 5 nitrogen and oxygen atoms in total. The van der Waals surface area contributed by atoms with Crippen molar-refractivity contribution in [3.8, 4) is 0 Å². The van der Waals surface area contributed by atoms with Crippen LogP contribution in [-0.2, 0) is 18.4 Å². The standard InChI is InChI=1S/C12H20N4O/c1-16-11(13)10(8-15-16)7-14-12(17)9-5-3-2-4-6-9/h8-9H,2-7,13H2,1H3,(H,14,17). The summed E-state index contributed by atoms with van der Waals surface area (Å²) in [6.07, 6.45) is 7.36. The molecule has 1 fully saturated rings. The summed E-state index contributed by atoms with van der Waals surface area (Å²) in [4.78, 5) is 11.9. The first kappa shape index (κ1) is 12.0. The third-order valence-electron chi connectivity index (χ3n) is 3.49. The maximum absolute atomic E-state index is 11.9. The Hall–Kier alpha value is -1.52. The molecule has 94 valence electrons. The van der Waals surface area contributed by atoms with Crippen molar-refractivity contribution in [1.82, 2.24) is 15.1 Å². The van der Waals surface area contributed by atoms with Gasteiger partial charge in [0.15, 0.2) is 0 Å². The molecule has 0 aliphatic heterocycles. The van der Waals surface area contributed by atoms with Gasteiger partial charge in [0.2, 0.25) is 5.91 Å². The highest BCUT2D eigenvalue weighted by molar-refractivity contribution is 5.78. The molecule has 0 bridgehead atoms. The molecular formula is C12H20N4O. The van der Waals surface area contributed by atoms with Gasteiger partial charge in [-0.05, 0) is 12.8 Å². The quantitative estimate of drug-likeness (QED) is 0.828. The zero-order chi connectivity index (χ0) is 12.3. The minimum Gasteiger partial charge on any atom is -0.384 e. The molecule has 1 aromatic heterocycles. The number of rotatable bonds is 3. The summed E-state index contributed by atoms with van der Waals surface area (Å²) in [6, 6.07) is 0. The number of nitrogen functional groups attached to an aromatic ring is 1. The maximum Gasteiger partial charge on any atom is 0.223 e. The Labute approximate surface area is 101 Å². The molecular weight excluding hydrogens is 216 g/mol. The molecule has 0 saturated heterocycles. The van der Waals surface area contributed by atoms with E-state index in [0.717, 1.165) is 18.4 Å². The molecule has 17 heavy (non-hydrogen) atoms. The first-order chi connectivity index (χ1) is 8.18. The van der Waals surface area contributed by atoms with Crippen molar-refractivity contribution in [2.45, 2.75) is 38.6 Å². The lowest BCUT2D eigenvalue weighted by atomic mass is 9.88. The van der Waals surface area contributed by atoms with E-state index >= 15 is 0 Å². The molecule has 1 saturated carbocycles. The predicted molar refractivity (Wildman–Crippen MR) is 66.0 cm³/mol. The minimum atomic E-state index is 0.160. The number of nitrogens with one attached hydrogen (secondary N) is 1. The number of hydrogen-bond acceptors (Lipinski definition) is 3. The smallest absolute Gasteiger partial charge is 0.223 e. The maximum atomic E-state index is 11.9. The predicted octanol–water partition coefficient (Wildman–Crippen LogP) is 1.20. The number of carbonyl (C=O) groups is 1. The molecule has 2 rings (SSSR count). The van der Waals surface area contributed by atoms with Crippen LogP contribution in [0.4, 0.5) is 5.82 Å². The van der Waals surface area contributed by atoms with Crippen LogP contribution >= 0.6 is 0 Å². The zero-order valence-electron chi connectivity index (χ0n) is 10.3. The van der Waals surface area contributed by atoms with Crippen LogP contribution in [0.1, 0.15) is 37.7 Å². The highest BCUT2D eigenvalue weighted by Crippen LogP contribution is 2.23. The van der Waals surface area contributed by atoms with E-state index in [1.165, 1.54) is 19.3 Å². The van der Waals surface area contributed by atoms with Crippen LogP contribution in [0.25, 0.3) is 0 Å². The van der Waals surface area contributed by atoms with Crippen LogP contribution in [0.5, 0.6) is 0 Å². The third kappa shape index (κ3) is 2.78. The summed E-state index contributed by atoms with van der Waals surface area (Å²) in [6.45, 7) is 0.481. The SMILES string of the molecule is Cn1ncc(CNC(=O)C2CCCCC2)c1N. The van der Waals surface area contributed by atoms with Gasteiger partial charge in [-0.1, -0.05) is 19.3 Å². The van der Waals surface area contributed by atoms with Crippen molar-refractivity contribution in [3.05, 3.63) is 11.8 Å². The normalized spacial score (nSPS) is 17.0. The first-order valence-corrected chi connectivity index (χ1v) is 6.22. The monoisotopic (exact) mass is 236 g/mol. The van der Waals surface area contributed by atoms with Crippen molar-refractivity contribution in [2.24, 2.45) is 13.0 Å². The number of hydrogen-bond donors (Lipinski definition) is 2. The van der Waals surface area contributed by atoms with Gasteiger partial charge in [-0.25, -0.2) is 0 Å². The summed E-state index contributed by atoms with van der Waals surface area (Å²) in [7, 11) is 1.79. The van der Waals surface area contributed by atoms with Crippen LogP contribution in [0, 0.1) is 5.92 Å². The van der Waals surface area contributed by atoms with Gasteiger partial charge in [0.1, 0.15) is 5.82 Å². The second kappa shape index (κ2) is 5.21. The largest absolute Gasteiger partial charge is 0.384 e. The Balaban J connectivity index is 1.85. The molecule has 0 spiro atoms. The number of aromatic nitrogens is 2. The van der Waals surface area contributed by atoms with Crippen LogP contribution in [0.3, 0.4) is 0 Å². The number of anilines is 1. The Morgan fingerprint density at radius 1 is 1.53 bits per heavy atom. The number of carbonyl (C=O) groups excluding carboxylic acids is 1. The lowest BCUT2D eigenvalue weighted by Crippen LogP contribution is -2.31. The molecule has 0 unspecified atom stereocenters. The first-order valence-electron chi connectivity index (χ1n) is 6.22. The lowest BCUT2D eigenvalue weighted by molar-refractivity contribution is -0.126. The van der Waals surface area contributed by atoms with E-state index in [9.17, 15) is 4.79 Å². The number of aryl methyl sites for hydroxylation is 1. The van der Waals surface area contributed by atoms with Gasteiger partial charge < -0.3 is 11.1 Å². The molecule has 0 radical (unpaired) electrons. The molecule has 1 heterocycles. The van der Waals surface area contributed by atoms with Gasteiger partial charge in [0, 0.05) is 25.1 Å². The van der Waals surface area contributed by atoms with Crippen LogP contribution in [0.15, 0.2) is 6.20 Å². The number of amides is 1. The summed E-state index contributed by atoms with van der Waals surface area (Å²) in [5.74, 6) is 0.976. The van der Waals surface area contributed by atoms with Gasteiger partial charge in [0.25, 0.3) is 0 Å². The molecule has 0 atom stereocenters. The summed E-state index contributed by atoms with van der Waals surface area (Å²) >= 11 is 0. The van der Waals surface area contributed by atoms with E-state index in [2.05, 4.69) is 10.4 Å². The van der Waals surface area contributed by atoms with E-state index < -0.39 is 0 Å². The van der Waals surface area contributed by atoms with E-state index in [1.54, 1.807) is 17.9 Å². The molecule has 3 N–H and O–H groups in total. The average molecular weight is 236 g/mol. The van der Waals surface area contributed by atoms with Gasteiger partial charge in [-0.15, -0.1) is 0 Å². The van der Waals surface area contributed by atoms with Gasteiger partial charge in [-0.3, -0.25) is 9.48 Å². The van der Waals surface area contributed by atoms with Crippen LogP contribution in [-0.4, -0.2) is 15.7 Å². The third-order valence-corrected chi connectivity index (χ3v) is 3.49. The Morgan fingerprint density at radius 2 is 2.24 bits per heavy atom.